The molecule has 0 bridgehead atoms. The molecule has 17 heavy (non-hydrogen) atoms. The van der Waals surface area contributed by atoms with Crippen molar-refractivity contribution in [2.75, 3.05) is 12.8 Å². The first kappa shape index (κ1) is 13.6. The van der Waals surface area contributed by atoms with Crippen molar-refractivity contribution in [2.24, 2.45) is 0 Å². The van der Waals surface area contributed by atoms with Gasteiger partial charge in [-0.25, -0.2) is 0 Å². The fourth-order valence-corrected chi connectivity index (χ4v) is 1.93. The van der Waals surface area contributed by atoms with Crippen LogP contribution in [0.3, 0.4) is 0 Å². The van der Waals surface area contributed by atoms with E-state index in [1.165, 1.54) is 0 Å². The van der Waals surface area contributed by atoms with Crippen LogP contribution in [-0.2, 0) is 0 Å². The molecule has 1 aromatic carbocycles. The van der Waals surface area contributed by atoms with Gasteiger partial charge in [0, 0.05) is 24.3 Å². The van der Waals surface area contributed by atoms with Crippen molar-refractivity contribution >= 4 is 11.6 Å². The summed E-state index contributed by atoms with van der Waals surface area (Å²) in [6.07, 6.45) is 2.11. The Kier molecular flexibility index (Phi) is 4.55. The van der Waals surface area contributed by atoms with Gasteiger partial charge in [-0.1, -0.05) is 13.3 Å². The Bertz CT molecular complexity index is 401. The molecule has 2 N–H and O–H groups in total. The molecular weight excluding hydrogens is 212 g/mol. The van der Waals surface area contributed by atoms with E-state index in [0.717, 1.165) is 24.0 Å². The summed E-state index contributed by atoms with van der Waals surface area (Å²) in [6.45, 7) is 6.12. The summed E-state index contributed by atoms with van der Waals surface area (Å²) in [4.78, 5) is 14.1. The third kappa shape index (κ3) is 3.22. The van der Waals surface area contributed by atoms with E-state index in [9.17, 15) is 4.79 Å². The van der Waals surface area contributed by atoms with Crippen LogP contribution in [0.4, 0.5) is 5.69 Å². The summed E-state index contributed by atoms with van der Waals surface area (Å²) in [7, 11) is 1.86. The average Bonchev–Trinajstić information content (AvgIpc) is 2.27. The molecule has 0 aliphatic carbocycles. The normalized spacial score (nSPS) is 12.2. The third-order valence-corrected chi connectivity index (χ3v) is 3.17. The van der Waals surface area contributed by atoms with Crippen molar-refractivity contribution in [1.29, 1.82) is 0 Å². The Balaban J connectivity index is 2.88. The van der Waals surface area contributed by atoms with E-state index in [2.05, 4.69) is 13.8 Å². The number of hydrogen-bond acceptors (Lipinski definition) is 2. The van der Waals surface area contributed by atoms with E-state index in [4.69, 9.17) is 5.73 Å². The van der Waals surface area contributed by atoms with Crippen LogP contribution >= 0.6 is 0 Å². The van der Waals surface area contributed by atoms with Gasteiger partial charge >= 0.3 is 0 Å². The molecule has 0 radical (unpaired) electrons. The number of nitrogen functional groups attached to an aromatic ring is 1. The second kappa shape index (κ2) is 5.71. The summed E-state index contributed by atoms with van der Waals surface area (Å²) in [5.74, 6) is 0.0726. The van der Waals surface area contributed by atoms with Crippen LogP contribution < -0.4 is 5.73 Å². The smallest absolute Gasteiger partial charge is 0.254 e. The van der Waals surface area contributed by atoms with Crippen molar-refractivity contribution in [3.8, 4) is 0 Å². The minimum absolute atomic E-state index is 0.0726. The Morgan fingerprint density at radius 3 is 2.65 bits per heavy atom. The lowest BCUT2D eigenvalue weighted by Crippen LogP contribution is -2.35. The van der Waals surface area contributed by atoms with Gasteiger partial charge in [0.15, 0.2) is 0 Å². The first-order valence-electron chi connectivity index (χ1n) is 6.10. The quantitative estimate of drug-likeness (QED) is 0.814. The second-order valence-electron chi connectivity index (χ2n) is 4.63. The van der Waals surface area contributed by atoms with Crippen molar-refractivity contribution in [1.82, 2.24) is 4.90 Å². The first-order chi connectivity index (χ1) is 7.97. The lowest BCUT2D eigenvalue weighted by Gasteiger charge is -2.25. The molecule has 0 fully saturated rings. The van der Waals surface area contributed by atoms with Crippen LogP contribution in [0, 0.1) is 6.92 Å². The Morgan fingerprint density at radius 2 is 2.12 bits per heavy atom. The molecule has 0 aliphatic heterocycles. The molecule has 3 heteroatoms. The Labute approximate surface area is 104 Å². The highest BCUT2D eigenvalue weighted by atomic mass is 16.2. The van der Waals surface area contributed by atoms with Crippen LogP contribution in [0.5, 0.6) is 0 Å². The maximum atomic E-state index is 12.3. The molecule has 1 atom stereocenters. The molecule has 0 heterocycles. The number of aryl methyl sites for hydroxylation is 1. The molecule has 1 rings (SSSR count). The highest BCUT2D eigenvalue weighted by Crippen LogP contribution is 2.16. The zero-order valence-electron chi connectivity index (χ0n) is 11.2. The van der Waals surface area contributed by atoms with Gasteiger partial charge in [0.2, 0.25) is 0 Å². The molecule has 0 aliphatic rings. The average molecular weight is 234 g/mol. The topological polar surface area (TPSA) is 46.3 Å². The van der Waals surface area contributed by atoms with Crippen molar-refractivity contribution in [2.45, 2.75) is 39.7 Å². The number of benzene rings is 1. The van der Waals surface area contributed by atoms with Crippen molar-refractivity contribution in [3.05, 3.63) is 29.3 Å². The molecule has 1 unspecified atom stereocenters. The molecule has 3 nitrogen and oxygen atoms in total. The van der Waals surface area contributed by atoms with Crippen LogP contribution in [-0.4, -0.2) is 23.9 Å². The van der Waals surface area contributed by atoms with Crippen molar-refractivity contribution in [3.63, 3.8) is 0 Å². The van der Waals surface area contributed by atoms with Gasteiger partial charge in [-0.05, 0) is 44.0 Å². The lowest BCUT2D eigenvalue weighted by atomic mass is 10.1. The summed E-state index contributed by atoms with van der Waals surface area (Å²) < 4.78 is 0. The van der Waals surface area contributed by atoms with Gasteiger partial charge < -0.3 is 10.6 Å². The van der Waals surface area contributed by atoms with E-state index in [0.29, 0.717) is 5.69 Å². The van der Waals surface area contributed by atoms with Gasteiger partial charge in [0.25, 0.3) is 5.91 Å². The predicted molar refractivity (Wildman–Crippen MR) is 72.1 cm³/mol. The van der Waals surface area contributed by atoms with Crippen LogP contribution in [0.1, 0.15) is 42.6 Å². The highest BCUT2D eigenvalue weighted by molar-refractivity contribution is 5.96. The van der Waals surface area contributed by atoms with Gasteiger partial charge in [-0.15, -0.1) is 0 Å². The molecule has 1 amide bonds. The Hall–Kier alpha value is -1.51. The summed E-state index contributed by atoms with van der Waals surface area (Å²) in [5, 5.41) is 0. The number of anilines is 1. The minimum Gasteiger partial charge on any atom is -0.399 e. The molecule has 0 spiro atoms. The SMILES string of the molecule is CCCC(C)N(C)C(=O)c1ccc(N)cc1C. The van der Waals surface area contributed by atoms with E-state index >= 15 is 0 Å². The third-order valence-electron chi connectivity index (χ3n) is 3.17. The lowest BCUT2D eigenvalue weighted by molar-refractivity contribution is 0.0736. The summed E-state index contributed by atoms with van der Waals surface area (Å²) in [6, 6.07) is 5.69. The predicted octanol–water partition coefficient (Wildman–Crippen LogP) is 2.84. The zero-order valence-corrected chi connectivity index (χ0v) is 11.2. The maximum absolute atomic E-state index is 12.3. The van der Waals surface area contributed by atoms with Crippen LogP contribution in [0.25, 0.3) is 0 Å². The molecule has 0 aromatic heterocycles. The molecule has 0 saturated heterocycles. The van der Waals surface area contributed by atoms with Gasteiger partial charge in [0.05, 0.1) is 0 Å². The maximum Gasteiger partial charge on any atom is 0.254 e. The number of nitrogens with zero attached hydrogens (tertiary/aromatic N) is 1. The number of nitrogens with two attached hydrogens (primary N) is 1. The highest BCUT2D eigenvalue weighted by Gasteiger charge is 2.18. The number of hydrogen-bond donors (Lipinski definition) is 1. The summed E-state index contributed by atoms with van der Waals surface area (Å²) in [5.41, 5.74) is 8.06. The fourth-order valence-electron chi connectivity index (χ4n) is 1.93. The molecule has 0 saturated carbocycles. The van der Waals surface area contributed by atoms with Crippen molar-refractivity contribution < 1.29 is 4.79 Å². The van der Waals surface area contributed by atoms with E-state index < -0.39 is 0 Å². The summed E-state index contributed by atoms with van der Waals surface area (Å²) >= 11 is 0. The van der Waals surface area contributed by atoms with Crippen LogP contribution in [0.2, 0.25) is 0 Å². The first-order valence-corrected chi connectivity index (χ1v) is 6.10. The second-order valence-corrected chi connectivity index (χ2v) is 4.63. The number of carbonyl (C=O) groups is 1. The largest absolute Gasteiger partial charge is 0.399 e. The van der Waals surface area contributed by atoms with Gasteiger partial charge in [-0.2, -0.15) is 0 Å². The van der Waals surface area contributed by atoms with E-state index in [1.54, 1.807) is 6.07 Å². The monoisotopic (exact) mass is 234 g/mol. The van der Waals surface area contributed by atoms with E-state index in [-0.39, 0.29) is 11.9 Å². The van der Waals surface area contributed by atoms with Crippen LogP contribution in [0.15, 0.2) is 18.2 Å². The molecular formula is C14H22N2O. The molecule has 1 aromatic rings. The van der Waals surface area contributed by atoms with Gasteiger partial charge in [0.1, 0.15) is 0 Å². The number of amides is 1. The Morgan fingerprint density at radius 1 is 1.47 bits per heavy atom. The van der Waals surface area contributed by atoms with E-state index in [1.807, 2.05) is 31.0 Å². The number of carbonyl (C=O) groups excluding carboxylic acids is 1. The minimum atomic E-state index is 0.0726. The standard InChI is InChI=1S/C14H22N2O/c1-5-6-11(3)16(4)14(17)13-8-7-12(15)9-10(13)2/h7-9,11H,5-6,15H2,1-4H3. The fraction of sp³-hybridized carbons (Fsp3) is 0.500. The molecule has 94 valence electrons. The zero-order chi connectivity index (χ0) is 13.0. The number of rotatable bonds is 4. The van der Waals surface area contributed by atoms with Gasteiger partial charge in [-0.3, -0.25) is 4.79 Å².